The van der Waals surface area contributed by atoms with Crippen LogP contribution in [0.2, 0.25) is 5.15 Å². The van der Waals surface area contributed by atoms with E-state index < -0.39 is 0 Å². The Morgan fingerprint density at radius 1 is 1.47 bits per heavy atom. The van der Waals surface area contributed by atoms with Gasteiger partial charge in [0.2, 0.25) is 0 Å². The third kappa shape index (κ3) is 2.13. The van der Waals surface area contributed by atoms with Crippen LogP contribution in [0.3, 0.4) is 0 Å². The molecule has 0 aliphatic carbocycles. The zero-order valence-electron chi connectivity index (χ0n) is 9.09. The molecule has 0 radical (unpaired) electrons. The minimum Gasteiger partial charge on any atom is -0.381 e. The van der Waals surface area contributed by atoms with Gasteiger partial charge in [0.25, 0.3) is 0 Å². The molecule has 0 N–H and O–H groups in total. The summed E-state index contributed by atoms with van der Waals surface area (Å²) in [5.74, 6) is 1.17. The maximum atomic E-state index is 6.12. The summed E-state index contributed by atoms with van der Waals surface area (Å²) in [6.45, 7) is 5.59. The summed E-state index contributed by atoms with van der Waals surface area (Å²) in [7, 11) is 0. The first-order valence-corrected chi connectivity index (χ1v) is 5.70. The summed E-state index contributed by atoms with van der Waals surface area (Å²) in [6, 6.07) is 0. The van der Waals surface area contributed by atoms with E-state index in [1.165, 1.54) is 0 Å². The monoisotopic (exact) mass is 226 g/mol. The fourth-order valence-corrected chi connectivity index (χ4v) is 2.26. The van der Waals surface area contributed by atoms with Crippen molar-refractivity contribution in [1.82, 2.24) is 9.97 Å². The summed E-state index contributed by atoms with van der Waals surface area (Å²) in [6.07, 6.45) is 1.88. The smallest absolute Gasteiger partial charge is 0.136 e. The highest BCUT2D eigenvalue weighted by Gasteiger charge is 2.22. The molecule has 82 valence electrons. The SMILES string of the molecule is CCc1c(C)nc(C2CCOC2)nc1Cl. The van der Waals surface area contributed by atoms with Crippen LogP contribution < -0.4 is 0 Å². The molecule has 15 heavy (non-hydrogen) atoms. The van der Waals surface area contributed by atoms with Crippen LogP contribution in [-0.2, 0) is 11.2 Å². The Hall–Kier alpha value is -0.670. The minimum atomic E-state index is 0.326. The van der Waals surface area contributed by atoms with Gasteiger partial charge in [-0.1, -0.05) is 18.5 Å². The molecule has 0 saturated carbocycles. The third-order valence-corrected chi connectivity index (χ3v) is 3.14. The maximum Gasteiger partial charge on any atom is 0.136 e. The Bertz CT molecular complexity index is 339. The maximum absolute atomic E-state index is 6.12. The van der Waals surface area contributed by atoms with Gasteiger partial charge in [0.05, 0.1) is 6.61 Å². The van der Waals surface area contributed by atoms with E-state index in [9.17, 15) is 0 Å². The van der Waals surface area contributed by atoms with Crippen LogP contribution in [0.4, 0.5) is 0 Å². The van der Waals surface area contributed by atoms with Crippen LogP contribution in [0, 0.1) is 6.92 Å². The van der Waals surface area contributed by atoms with Crippen molar-refractivity contribution in [2.45, 2.75) is 32.6 Å². The Morgan fingerprint density at radius 2 is 2.27 bits per heavy atom. The number of halogens is 1. The molecule has 1 atom stereocenters. The highest BCUT2D eigenvalue weighted by molar-refractivity contribution is 6.30. The van der Waals surface area contributed by atoms with E-state index >= 15 is 0 Å². The van der Waals surface area contributed by atoms with Crippen LogP contribution in [0.25, 0.3) is 0 Å². The summed E-state index contributed by atoms with van der Waals surface area (Å²) >= 11 is 6.12. The number of hydrogen-bond donors (Lipinski definition) is 0. The Kier molecular flexibility index (Phi) is 3.22. The van der Waals surface area contributed by atoms with Gasteiger partial charge in [-0.15, -0.1) is 0 Å². The Labute approximate surface area is 94.8 Å². The first kappa shape index (κ1) is 10.8. The molecule has 1 aromatic rings. The van der Waals surface area contributed by atoms with Crippen molar-refractivity contribution in [2.75, 3.05) is 13.2 Å². The topological polar surface area (TPSA) is 35.0 Å². The van der Waals surface area contributed by atoms with Gasteiger partial charge >= 0.3 is 0 Å². The zero-order chi connectivity index (χ0) is 10.8. The van der Waals surface area contributed by atoms with Crippen LogP contribution in [0.1, 0.15) is 36.3 Å². The van der Waals surface area contributed by atoms with Crippen molar-refractivity contribution in [3.8, 4) is 0 Å². The second-order valence-corrected chi connectivity index (χ2v) is 4.21. The molecule has 3 nitrogen and oxygen atoms in total. The first-order chi connectivity index (χ1) is 7.22. The van der Waals surface area contributed by atoms with E-state index in [1.54, 1.807) is 0 Å². The summed E-state index contributed by atoms with van der Waals surface area (Å²) in [5, 5.41) is 0.604. The zero-order valence-corrected chi connectivity index (χ0v) is 9.84. The Balaban J connectivity index is 2.33. The van der Waals surface area contributed by atoms with Crippen molar-refractivity contribution >= 4 is 11.6 Å². The summed E-state index contributed by atoms with van der Waals surface area (Å²) in [5.41, 5.74) is 2.05. The van der Waals surface area contributed by atoms with E-state index in [-0.39, 0.29) is 0 Å². The van der Waals surface area contributed by atoms with Gasteiger partial charge in [-0.25, -0.2) is 9.97 Å². The molecule has 0 bridgehead atoms. The van der Waals surface area contributed by atoms with Gasteiger partial charge in [-0.05, 0) is 19.8 Å². The minimum absolute atomic E-state index is 0.326. The molecular formula is C11H15ClN2O. The lowest BCUT2D eigenvalue weighted by atomic mass is 10.1. The van der Waals surface area contributed by atoms with Crippen LogP contribution >= 0.6 is 11.6 Å². The van der Waals surface area contributed by atoms with Crippen LogP contribution in [0.5, 0.6) is 0 Å². The largest absolute Gasteiger partial charge is 0.381 e. The molecule has 1 unspecified atom stereocenters. The molecule has 1 saturated heterocycles. The third-order valence-electron chi connectivity index (χ3n) is 2.83. The number of aromatic nitrogens is 2. The Morgan fingerprint density at radius 3 is 2.80 bits per heavy atom. The van der Waals surface area contributed by atoms with Gasteiger partial charge in [-0.2, -0.15) is 0 Å². The normalized spacial score (nSPS) is 20.9. The van der Waals surface area contributed by atoms with Crippen molar-refractivity contribution in [1.29, 1.82) is 0 Å². The summed E-state index contributed by atoms with van der Waals surface area (Å²) in [4.78, 5) is 8.87. The number of nitrogens with zero attached hydrogens (tertiary/aromatic N) is 2. The van der Waals surface area contributed by atoms with Gasteiger partial charge < -0.3 is 4.74 Å². The van der Waals surface area contributed by atoms with Gasteiger partial charge in [-0.3, -0.25) is 0 Å². The molecule has 0 aromatic carbocycles. The molecule has 1 fully saturated rings. The fraction of sp³-hybridized carbons (Fsp3) is 0.636. The van der Waals surface area contributed by atoms with Crippen molar-refractivity contribution in [3.63, 3.8) is 0 Å². The quantitative estimate of drug-likeness (QED) is 0.727. The molecular weight excluding hydrogens is 212 g/mol. The van der Waals surface area contributed by atoms with Crippen molar-refractivity contribution in [2.24, 2.45) is 0 Å². The number of aryl methyl sites for hydroxylation is 1. The molecule has 2 heterocycles. The first-order valence-electron chi connectivity index (χ1n) is 5.33. The number of ether oxygens (including phenoxy) is 1. The van der Waals surface area contributed by atoms with Crippen molar-refractivity contribution < 1.29 is 4.74 Å². The van der Waals surface area contributed by atoms with E-state index in [4.69, 9.17) is 16.3 Å². The average Bonchev–Trinajstić information content (AvgIpc) is 2.69. The second kappa shape index (κ2) is 4.45. The van der Waals surface area contributed by atoms with Crippen LogP contribution in [0.15, 0.2) is 0 Å². The highest BCUT2D eigenvalue weighted by Crippen LogP contribution is 2.25. The lowest BCUT2D eigenvalue weighted by Gasteiger charge is -2.10. The van der Waals surface area contributed by atoms with E-state index in [0.717, 1.165) is 43.1 Å². The van der Waals surface area contributed by atoms with Crippen LogP contribution in [-0.4, -0.2) is 23.2 Å². The van der Waals surface area contributed by atoms with Gasteiger partial charge in [0, 0.05) is 23.8 Å². The molecule has 2 rings (SSSR count). The molecule has 1 aromatic heterocycles. The lowest BCUT2D eigenvalue weighted by Crippen LogP contribution is -2.08. The lowest BCUT2D eigenvalue weighted by molar-refractivity contribution is 0.193. The predicted molar refractivity (Wildman–Crippen MR) is 59.3 cm³/mol. The molecule has 0 amide bonds. The second-order valence-electron chi connectivity index (χ2n) is 3.85. The summed E-state index contributed by atoms with van der Waals surface area (Å²) < 4.78 is 5.32. The fourth-order valence-electron chi connectivity index (χ4n) is 1.90. The van der Waals surface area contributed by atoms with E-state index in [1.807, 2.05) is 6.92 Å². The molecule has 0 spiro atoms. The van der Waals surface area contributed by atoms with E-state index in [2.05, 4.69) is 16.9 Å². The van der Waals surface area contributed by atoms with Crippen molar-refractivity contribution in [3.05, 3.63) is 22.2 Å². The molecule has 1 aliphatic heterocycles. The average molecular weight is 227 g/mol. The van der Waals surface area contributed by atoms with Gasteiger partial charge in [0.15, 0.2) is 0 Å². The number of rotatable bonds is 2. The van der Waals surface area contributed by atoms with E-state index in [0.29, 0.717) is 11.1 Å². The predicted octanol–water partition coefficient (Wildman–Crippen LogP) is 2.50. The standard InChI is InChI=1S/C11H15ClN2O/c1-3-9-7(2)13-11(14-10(9)12)8-4-5-15-6-8/h8H,3-6H2,1-2H3. The highest BCUT2D eigenvalue weighted by atomic mass is 35.5. The number of hydrogen-bond acceptors (Lipinski definition) is 3. The molecule has 1 aliphatic rings. The van der Waals surface area contributed by atoms with Gasteiger partial charge in [0.1, 0.15) is 11.0 Å². The molecule has 4 heteroatoms.